The van der Waals surface area contributed by atoms with Crippen LogP contribution in [0.1, 0.15) is 5.76 Å². The lowest BCUT2D eigenvalue weighted by Gasteiger charge is -2.10. The van der Waals surface area contributed by atoms with Crippen LogP contribution in [0, 0.1) is 0 Å². The highest BCUT2D eigenvalue weighted by atomic mass is 35.5. The SMILES string of the molecule is O=C(CSc1nnc(-c2ccccc2Cl)n1Cc1ccco1)Nc1cccc(Cl)c1. The smallest absolute Gasteiger partial charge is 0.234 e. The second-order valence-corrected chi connectivity index (χ2v) is 8.08. The predicted molar refractivity (Wildman–Crippen MR) is 119 cm³/mol. The summed E-state index contributed by atoms with van der Waals surface area (Å²) >= 11 is 13.6. The van der Waals surface area contributed by atoms with Crippen LogP contribution in [0.3, 0.4) is 0 Å². The maximum absolute atomic E-state index is 12.4. The Labute approximate surface area is 187 Å². The Morgan fingerprint density at radius 3 is 2.70 bits per heavy atom. The maximum atomic E-state index is 12.4. The van der Waals surface area contributed by atoms with E-state index in [1.54, 1.807) is 36.6 Å². The molecule has 0 saturated heterocycles. The topological polar surface area (TPSA) is 73.0 Å². The molecule has 0 saturated carbocycles. The molecule has 1 amide bonds. The van der Waals surface area contributed by atoms with E-state index < -0.39 is 0 Å². The van der Waals surface area contributed by atoms with Crippen molar-refractivity contribution in [2.75, 3.05) is 11.1 Å². The molecule has 0 unspecified atom stereocenters. The molecule has 6 nitrogen and oxygen atoms in total. The number of amides is 1. The largest absolute Gasteiger partial charge is 0.467 e. The molecular weight excluding hydrogens is 443 g/mol. The van der Waals surface area contributed by atoms with Gasteiger partial charge in [0.25, 0.3) is 0 Å². The highest BCUT2D eigenvalue weighted by molar-refractivity contribution is 7.99. The van der Waals surface area contributed by atoms with Gasteiger partial charge in [0.2, 0.25) is 5.91 Å². The molecule has 0 radical (unpaired) electrons. The third kappa shape index (κ3) is 4.87. The number of thioether (sulfide) groups is 1. The normalized spacial score (nSPS) is 10.9. The summed E-state index contributed by atoms with van der Waals surface area (Å²) in [7, 11) is 0. The lowest BCUT2D eigenvalue weighted by atomic mass is 10.2. The van der Waals surface area contributed by atoms with E-state index in [0.717, 1.165) is 11.3 Å². The van der Waals surface area contributed by atoms with Crippen LogP contribution in [0.5, 0.6) is 0 Å². The zero-order valence-electron chi connectivity index (χ0n) is 15.6. The number of carbonyl (C=O) groups is 1. The van der Waals surface area contributed by atoms with Crippen LogP contribution in [0.4, 0.5) is 5.69 Å². The number of nitrogens with zero attached hydrogens (tertiary/aromatic N) is 3. The van der Waals surface area contributed by atoms with Gasteiger partial charge in [-0.25, -0.2) is 0 Å². The molecule has 30 heavy (non-hydrogen) atoms. The van der Waals surface area contributed by atoms with Gasteiger partial charge in [0.15, 0.2) is 11.0 Å². The van der Waals surface area contributed by atoms with Crippen molar-refractivity contribution in [2.24, 2.45) is 0 Å². The summed E-state index contributed by atoms with van der Waals surface area (Å²) in [6.07, 6.45) is 1.61. The highest BCUT2D eigenvalue weighted by Gasteiger charge is 2.18. The van der Waals surface area contributed by atoms with Gasteiger partial charge >= 0.3 is 0 Å². The van der Waals surface area contributed by atoms with Crippen molar-refractivity contribution in [1.29, 1.82) is 0 Å². The molecule has 2 aromatic carbocycles. The van der Waals surface area contributed by atoms with Gasteiger partial charge in [0.1, 0.15) is 5.76 Å². The first-order chi connectivity index (χ1) is 14.6. The van der Waals surface area contributed by atoms with Crippen molar-refractivity contribution >= 4 is 46.6 Å². The minimum absolute atomic E-state index is 0.158. The molecule has 1 N–H and O–H groups in total. The summed E-state index contributed by atoms with van der Waals surface area (Å²) in [6, 6.07) is 18.1. The van der Waals surface area contributed by atoms with Gasteiger partial charge in [-0.05, 0) is 42.5 Å². The molecule has 0 spiro atoms. The summed E-state index contributed by atoms with van der Waals surface area (Å²) < 4.78 is 7.37. The van der Waals surface area contributed by atoms with E-state index in [4.69, 9.17) is 27.6 Å². The average Bonchev–Trinajstić information content (AvgIpc) is 3.37. The lowest BCUT2D eigenvalue weighted by molar-refractivity contribution is -0.113. The Kier molecular flexibility index (Phi) is 6.42. The second-order valence-electron chi connectivity index (χ2n) is 6.30. The molecule has 2 aromatic heterocycles. The van der Waals surface area contributed by atoms with Crippen molar-refractivity contribution in [2.45, 2.75) is 11.7 Å². The number of nitrogens with one attached hydrogen (secondary N) is 1. The molecule has 0 bridgehead atoms. The van der Waals surface area contributed by atoms with Crippen LogP contribution in [0.25, 0.3) is 11.4 Å². The summed E-state index contributed by atoms with van der Waals surface area (Å²) in [5.41, 5.74) is 1.40. The molecule has 2 heterocycles. The van der Waals surface area contributed by atoms with Crippen molar-refractivity contribution in [1.82, 2.24) is 14.8 Å². The number of furan rings is 1. The Morgan fingerprint density at radius 2 is 1.93 bits per heavy atom. The number of rotatable bonds is 7. The monoisotopic (exact) mass is 458 g/mol. The van der Waals surface area contributed by atoms with Gasteiger partial charge in [-0.15, -0.1) is 10.2 Å². The summed E-state index contributed by atoms with van der Waals surface area (Å²) in [5, 5.41) is 13.1. The van der Waals surface area contributed by atoms with Gasteiger partial charge in [0.05, 0.1) is 23.6 Å². The molecule has 4 rings (SSSR count). The Bertz CT molecular complexity index is 1160. The third-order valence-electron chi connectivity index (χ3n) is 4.17. The highest BCUT2D eigenvalue weighted by Crippen LogP contribution is 2.30. The van der Waals surface area contributed by atoms with Crippen LogP contribution < -0.4 is 5.32 Å². The predicted octanol–water partition coefficient (Wildman–Crippen LogP) is 5.62. The van der Waals surface area contributed by atoms with Crippen LogP contribution in [0.15, 0.2) is 76.5 Å². The number of aromatic nitrogens is 3. The Morgan fingerprint density at radius 1 is 1.07 bits per heavy atom. The van der Waals surface area contributed by atoms with E-state index in [2.05, 4.69) is 15.5 Å². The lowest BCUT2D eigenvalue weighted by Crippen LogP contribution is -2.14. The van der Waals surface area contributed by atoms with E-state index in [1.807, 2.05) is 34.9 Å². The summed E-state index contributed by atoms with van der Waals surface area (Å²) in [6.45, 7) is 0.415. The van der Waals surface area contributed by atoms with Crippen molar-refractivity contribution in [3.8, 4) is 11.4 Å². The molecule has 0 fully saturated rings. The zero-order chi connectivity index (χ0) is 20.9. The molecule has 0 aliphatic rings. The fourth-order valence-electron chi connectivity index (χ4n) is 2.83. The molecule has 9 heteroatoms. The Hall–Kier alpha value is -2.74. The molecule has 152 valence electrons. The van der Waals surface area contributed by atoms with E-state index in [9.17, 15) is 4.79 Å². The fourth-order valence-corrected chi connectivity index (χ4v) is 3.98. The van der Waals surface area contributed by atoms with Crippen LogP contribution >= 0.6 is 35.0 Å². The van der Waals surface area contributed by atoms with Crippen molar-refractivity contribution < 1.29 is 9.21 Å². The van der Waals surface area contributed by atoms with Gasteiger partial charge in [-0.2, -0.15) is 0 Å². The number of halogens is 2. The van der Waals surface area contributed by atoms with Gasteiger partial charge < -0.3 is 9.73 Å². The van der Waals surface area contributed by atoms with Crippen molar-refractivity contribution in [3.63, 3.8) is 0 Å². The van der Waals surface area contributed by atoms with E-state index in [1.165, 1.54) is 11.8 Å². The summed E-state index contributed by atoms with van der Waals surface area (Å²) in [4.78, 5) is 12.4. The van der Waals surface area contributed by atoms with Crippen LogP contribution in [-0.4, -0.2) is 26.4 Å². The van der Waals surface area contributed by atoms with E-state index in [-0.39, 0.29) is 11.7 Å². The zero-order valence-corrected chi connectivity index (χ0v) is 17.9. The number of carbonyl (C=O) groups excluding carboxylic acids is 1. The summed E-state index contributed by atoms with van der Waals surface area (Å²) in [5.74, 6) is 1.34. The van der Waals surface area contributed by atoms with E-state index >= 15 is 0 Å². The quantitative estimate of drug-likeness (QED) is 0.363. The van der Waals surface area contributed by atoms with Gasteiger partial charge in [-0.3, -0.25) is 9.36 Å². The first-order valence-corrected chi connectivity index (χ1v) is 10.7. The Balaban J connectivity index is 1.55. The minimum Gasteiger partial charge on any atom is -0.467 e. The molecule has 0 atom stereocenters. The first kappa shape index (κ1) is 20.5. The number of benzene rings is 2. The fraction of sp³-hybridized carbons (Fsp3) is 0.0952. The van der Waals surface area contributed by atoms with Gasteiger partial charge in [-0.1, -0.05) is 53.2 Å². The molecule has 0 aliphatic carbocycles. The van der Waals surface area contributed by atoms with E-state index in [0.29, 0.717) is 33.3 Å². The third-order valence-corrected chi connectivity index (χ3v) is 5.70. The maximum Gasteiger partial charge on any atom is 0.234 e. The standard InChI is InChI=1S/C21H16Cl2N4O2S/c22-14-5-3-6-15(11-14)24-19(28)13-30-21-26-25-20(17-8-1-2-9-18(17)23)27(21)12-16-7-4-10-29-16/h1-11H,12-13H2,(H,24,28). The van der Waals surface area contributed by atoms with Gasteiger partial charge in [0, 0.05) is 16.3 Å². The van der Waals surface area contributed by atoms with Crippen LogP contribution in [-0.2, 0) is 11.3 Å². The second kappa shape index (κ2) is 9.38. The number of hydrogen-bond donors (Lipinski definition) is 1. The average molecular weight is 459 g/mol. The van der Waals surface area contributed by atoms with Crippen molar-refractivity contribution in [3.05, 3.63) is 82.7 Å². The molecule has 4 aromatic rings. The number of anilines is 1. The first-order valence-electron chi connectivity index (χ1n) is 8.99. The minimum atomic E-state index is -0.172. The van der Waals surface area contributed by atoms with Crippen LogP contribution in [0.2, 0.25) is 10.0 Å². The molecule has 0 aliphatic heterocycles. The molecular formula is C21H16Cl2N4O2S. The number of hydrogen-bond acceptors (Lipinski definition) is 5.